The average molecular weight is 203 g/mol. The highest BCUT2D eigenvalue weighted by Gasteiger charge is 2.20. The molecule has 3 N–H and O–H groups in total. The third-order valence-electron chi connectivity index (χ3n) is 2.08. The molecule has 0 heterocycles. The molecule has 0 aliphatic carbocycles. The summed E-state index contributed by atoms with van der Waals surface area (Å²) in [6.07, 6.45) is 1.24. The van der Waals surface area contributed by atoms with Gasteiger partial charge in [0.05, 0.1) is 12.7 Å². The van der Waals surface area contributed by atoms with Gasteiger partial charge < -0.3 is 15.6 Å². The van der Waals surface area contributed by atoms with E-state index >= 15 is 0 Å². The Morgan fingerprint density at radius 3 is 2.50 bits per heavy atom. The Morgan fingerprint density at radius 1 is 1.50 bits per heavy atom. The third-order valence-corrected chi connectivity index (χ3v) is 2.08. The van der Waals surface area contributed by atoms with Crippen LogP contribution in [0, 0.1) is 5.92 Å². The van der Waals surface area contributed by atoms with Crippen LogP contribution in [0.15, 0.2) is 0 Å². The molecule has 0 saturated carbocycles. The third kappa shape index (κ3) is 5.19. The molecule has 0 amide bonds. The molecule has 84 valence electrons. The van der Waals surface area contributed by atoms with Crippen LogP contribution in [0.3, 0.4) is 0 Å². The van der Waals surface area contributed by atoms with Crippen molar-refractivity contribution in [2.24, 2.45) is 11.7 Å². The predicted octanol–water partition coefficient (Wildman–Crippen LogP) is 0.674. The van der Waals surface area contributed by atoms with Gasteiger partial charge in [0.1, 0.15) is 6.04 Å². The summed E-state index contributed by atoms with van der Waals surface area (Å²) in [5.41, 5.74) is 5.40. The Balaban J connectivity index is 3.73. The van der Waals surface area contributed by atoms with E-state index in [1.807, 2.05) is 6.92 Å². The van der Waals surface area contributed by atoms with Gasteiger partial charge in [-0.05, 0) is 19.3 Å². The fourth-order valence-corrected chi connectivity index (χ4v) is 1.09. The molecule has 0 fully saturated rings. The van der Waals surface area contributed by atoms with Gasteiger partial charge in [-0.25, -0.2) is 0 Å². The maximum Gasteiger partial charge on any atom is 0.325 e. The maximum absolute atomic E-state index is 11.2. The standard InChI is InChI=1S/C10H21NO3/c1-4-5-7(2)6-14-10(13)9(11)8(3)12/h7-9,12H,4-6,11H2,1-3H3/t7?,8-,9+/m1/s1. The lowest BCUT2D eigenvalue weighted by atomic mass is 10.1. The molecule has 0 aromatic rings. The van der Waals surface area contributed by atoms with Crippen LogP contribution in [-0.2, 0) is 9.53 Å². The Kier molecular flexibility index (Phi) is 6.49. The molecular formula is C10H21NO3. The van der Waals surface area contributed by atoms with E-state index in [1.54, 1.807) is 0 Å². The van der Waals surface area contributed by atoms with E-state index in [0.717, 1.165) is 12.8 Å². The summed E-state index contributed by atoms with van der Waals surface area (Å²) >= 11 is 0. The fourth-order valence-electron chi connectivity index (χ4n) is 1.09. The van der Waals surface area contributed by atoms with Crippen LogP contribution in [0.25, 0.3) is 0 Å². The van der Waals surface area contributed by atoms with Crippen LogP contribution >= 0.6 is 0 Å². The molecular weight excluding hydrogens is 182 g/mol. The first-order valence-electron chi connectivity index (χ1n) is 5.09. The molecule has 3 atom stereocenters. The highest BCUT2D eigenvalue weighted by molar-refractivity contribution is 5.76. The second-order valence-electron chi connectivity index (χ2n) is 3.79. The van der Waals surface area contributed by atoms with Gasteiger partial charge in [-0.15, -0.1) is 0 Å². The minimum absolute atomic E-state index is 0.352. The molecule has 4 heteroatoms. The van der Waals surface area contributed by atoms with Crippen molar-refractivity contribution in [2.45, 2.75) is 45.8 Å². The van der Waals surface area contributed by atoms with Gasteiger partial charge in [0.25, 0.3) is 0 Å². The van der Waals surface area contributed by atoms with E-state index in [1.165, 1.54) is 6.92 Å². The number of carbonyl (C=O) groups is 1. The van der Waals surface area contributed by atoms with Gasteiger partial charge in [-0.3, -0.25) is 4.79 Å². The first-order valence-corrected chi connectivity index (χ1v) is 5.09. The van der Waals surface area contributed by atoms with Crippen LogP contribution in [0.1, 0.15) is 33.6 Å². The number of rotatable bonds is 6. The summed E-state index contributed by atoms with van der Waals surface area (Å²) in [6.45, 7) is 5.96. The van der Waals surface area contributed by atoms with Gasteiger partial charge in [0, 0.05) is 0 Å². The van der Waals surface area contributed by atoms with Crippen molar-refractivity contribution in [2.75, 3.05) is 6.61 Å². The topological polar surface area (TPSA) is 72.5 Å². The summed E-state index contributed by atoms with van der Waals surface area (Å²) < 4.78 is 4.96. The van der Waals surface area contributed by atoms with E-state index in [0.29, 0.717) is 12.5 Å². The number of ether oxygens (including phenoxy) is 1. The van der Waals surface area contributed by atoms with Gasteiger partial charge in [0.15, 0.2) is 0 Å². The smallest absolute Gasteiger partial charge is 0.325 e. The molecule has 14 heavy (non-hydrogen) atoms. The minimum Gasteiger partial charge on any atom is -0.464 e. The number of hydrogen-bond acceptors (Lipinski definition) is 4. The van der Waals surface area contributed by atoms with E-state index < -0.39 is 18.1 Å². The van der Waals surface area contributed by atoms with Crippen LogP contribution < -0.4 is 5.73 Å². The van der Waals surface area contributed by atoms with Crippen LogP contribution in [0.5, 0.6) is 0 Å². The van der Waals surface area contributed by atoms with Crippen molar-refractivity contribution in [1.82, 2.24) is 0 Å². The van der Waals surface area contributed by atoms with E-state index in [2.05, 4.69) is 6.92 Å². The van der Waals surface area contributed by atoms with Gasteiger partial charge in [-0.2, -0.15) is 0 Å². The monoisotopic (exact) mass is 203 g/mol. The Morgan fingerprint density at radius 2 is 2.07 bits per heavy atom. The first kappa shape index (κ1) is 13.4. The number of nitrogens with two attached hydrogens (primary N) is 1. The maximum atomic E-state index is 11.2. The van der Waals surface area contributed by atoms with Crippen molar-refractivity contribution in [3.8, 4) is 0 Å². The molecule has 0 bridgehead atoms. The molecule has 0 aliphatic heterocycles. The zero-order valence-corrected chi connectivity index (χ0v) is 9.19. The number of aliphatic hydroxyl groups excluding tert-OH is 1. The van der Waals surface area contributed by atoms with Crippen LogP contribution in [0.4, 0.5) is 0 Å². The second kappa shape index (κ2) is 6.79. The first-order chi connectivity index (χ1) is 6.49. The molecule has 1 unspecified atom stereocenters. The Labute approximate surface area is 85.4 Å². The van der Waals surface area contributed by atoms with Crippen molar-refractivity contribution in [1.29, 1.82) is 0 Å². The Bertz CT molecular complexity index is 171. The molecule has 0 saturated heterocycles. The fraction of sp³-hybridized carbons (Fsp3) is 0.900. The number of esters is 1. The van der Waals surface area contributed by atoms with Crippen molar-refractivity contribution in [3.05, 3.63) is 0 Å². The minimum atomic E-state index is -0.927. The predicted molar refractivity (Wildman–Crippen MR) is 54.7 cm³/mol. The van der Waals surface area contributed by atoms with Crippen molar-refractivity contribution in [3.63, 3.8) is 0 Å². The molecule has 0 aliphatic rings. The number of carbonyl (C=O) groups excluding carboxylic acids is 1. The molecule has 0 aromatic heterocycles. The van der Waals surface area contributed by atoms with E-state index in [9.17, 15) is 4.79 Å². The summed E-state index contributed by atoms with van der Waals surface area (Å²) in [6, 6.07) is -0.927. The van der Waals surface area contributed by atoms with Gasteiger partial charge >= 0.3 is 5.97 Å². The van der Waals surface area contributed by atoms with Gasteiger partial charge in [0.2, 0.25) is 0 Å². The van der Waals surface area contributed by atoms with Crippen molar-refractivity contribution < 1.29 is 14.6 Å². The highest BCUT2D eigenvalue weighted by Crippen LogP contribution is 2.05. The van der Waals surface area contributed by atoms with Gasteiger partial charge in [-0.1, -0.05) is 20.3 Å². The summed E-state index contributed by atoms with van der Waals surface area (Å²) in [7, 11) is 0. The molecule has 0 spiro atoms. The average Bonchev–Trinajstić information content (AvgIpc) is 2.13. The summed E-state index contributed by atoms with van der Waals surface area (Å²) in [5, 5.41) is 9.03. The summed E-state index contributed by atoms with van der Waals surface area (Å²) in [5.74, 6) is -0.173. The second-order valence-corrected chi connectivity index (χ2v) is 3.79. The zero-order valence-electron chi connectivity index (χ0n) is 9.19. The largest absolute Gasteiger partial charge is 0.464 e. The lowest BCUT2D eigenvalue weighted by molar-refractivity contribution is -0.148. The zero-order chi connectivity index (χ0) is 11.1. The van der Waals surface area contributed by atoms with Crippen LogP contribution in [-0.4, -0.2) is 29.8 Å². The number of hydrogen-bond donors (Lipinski definition) is 2. The number of aliphatic hydroxyl groups is 1. The SMILES string of the molecule is CCCC(C)COC(=O)[C@@H](N)[C@@H](C)O. The van der Waals surface area contributed by atoms with E-state index in [-0.39, 0.29) is 0 Å². The lowest BCUT2D eigenvalue weighted by Gasteiger charge is -2.16. The lowest BCUT2D eigenvalue weighted by Crippen LogP contribution is -2.41. The molecule has 4 nitrogen and oxygen atoms in total. The summed E-state index contributed by atoms with van der Waals surface area (Å²) in [4.78, 5) is 11.2. The van der Waals surface area contributed by atoms with Crippen molar-refractivity contribution >= 4 is 5.97 Å². The molecule has 0 rings (SSSR count). The normalized spacial score (nSPS) is 17.2. The quantitative estimate of drug-likeness (QED) is 0.622. The molecule has 0 aromatic carbocycles. The molecule has 0 radical (unpaired) electrons. The highest BCUT2D eigenvalue weighted by atomic mass is 16.5. The Hall–Kier alpha value is -0.610. The van der Waals surface area contributed by atoms with Crippen LogP contribution in [0.2, 0.25) is 0 Å². The van der Waals surface area contributed by atoms with E-state index in [4.69, 9.17) is 15.6 Å².